The molecule has 2 rings (SSSR count). The molecule has 1 atom stereocenters. The number of ether oxygens (including phenoxy) is 2. The predicted molar refractivity (Wildman–Crippen MR) is 67.5 cm³/mol. The molecule has 3 N–H and O–H groups in total. The number of fused-ring (bicyclic) bond motifs is 1. The second-order valence-electron chi connectivity index (χ2n) is 4.34. The van der Waals surface area contributed by atoms with Crippen molar-refractivity contribution in [1.82, 2.24) is 5.32 Å². The Kier molecular flexibility index (Phi) is 4.04. The Hall–Kier alpha value is -1.75. The van der Waals surface area contributed by atoms with E-state index in [4.69, 9.17) is 15.2 Å². The Morgan fingerprint density at radius 1 is 1.39 bits per heavy atom. The maximum absolute atomic E-state index is 11.4. The molecular weight excluding hydrogens is 232 g/mol. The van der Waals surface area contributed by atoms with Gasteiger partial charge in [-0.15, -0.1) is 0 Å². The maximum Gasteiger partial charge on any atom is 0.236 e. The fraction of sp³-hybridized carbons (Fsp3) is 0.462. The Balaban J connectivity index is 2.02. The third kappa shape index (κ3) is 3.13. The SMILES string of the molecule is CC(N)C(=O)NCc1ccc2c(c1)OCCCO2. The molecular formula is C13H18N2O3. The van der Waals surface area contributed by atoms with Crippen LogP contribution in [0.25, 0.3) is 0 Å². The zero-order chi connectivity index (χ0) is 13.0. The average molecular weight is 250 g/mol. The number of carbonyl (C=O) groups is 1. The standard InChI is InChI=1S/C13H18N2O3/c1-9(14)13(16)15-8-10-3-4-11-12(7-10)18-6-2-5-17-11/h3-4,7,9H,2,5-6,8,14H2,1H3,(H,15,16). The number of hydrogen-bond acceptors (Lipinski definition) is 4. The van der Waals surface area contributed by atoms with Crippen molar-refractivity contribution in [1.29, 1.82) is 0 Å². The van der Waals surface area contributed by atoms with Crippen LogP contribution < -0.4 is 20.5 Å². The van der Waals surface area contributed by atoms with Gasteiger partial charge in [0.15, 0.2) is 11.5 Å². The molecule has 1 aliphatic rings. The number of carbonyl (C=O) groups excluding carboxylic acids is 1. The van der Waals surface area contributed by atoms with Crippen LogP contribution in [0.3, 0.4) is 0 Å². The topological polar surface area (TPSA) is 73.6 Å². The maximum atomic E-state index is 11.4. The lowest BCUT2D eigenvalue weighted by atomic mass is 10.2. The van der Waals surface area contributed by atoms with Crippen LogP contribution in [0.2, 0.25) is 0 Å². The summed E-state index contributed by atoms with van der Waals surface area (Å²) in [5, 5.41) is 2.76. The van der Waals surface area contributed by atoms with Crippen LogP contribution in [-0.4, -0.2) is 25.2 Å². The Morgan fingerprint density at radius 2 is 2.11 bits per heavy atom. The van der Waals surface area contributed by atoms with Crippen molar-refractivity contribution in [2.24, 2.45) is 5.73 Å². The highest BCUT2D eigenvalue weighted by atomic mass is 16.5. The number of benzene rings is 1. The van der Waals surface area contributed by atoms with E-state index in [0.717, 1.165) is 23.5 Å². The second kappa shape index (κ2) is 5.73. The van der Waals surface area contributed by atoms with Crippen LogP contribution in [0.5, 0.6) is 11.5 Å². The molecule has 0 radical (unpaired) electrons. The lowest BCUT2D eigenvalue weighted by Crippen LogP contribution is -2.37. The van der Waals surface area contributed by atoms with E-state index in [1.165, 1.54) is 0 Å². The molecule has 0 aromatic heterocycles. The normalized spacial score (nSPS) is 15.7. The summed E-state index contributed by atoms with van der Waals surface area (Å²) in [6, 6.07) is 5.18. The molecule has 0 spiro atoms. The highest BCUT2D eigenvalue weighted by Gasteiger charge is 2.11. The minimum Gasteiger partial charge on any atom is -0.490 e. The van der Waals surface area contributed by atoms with Crippen LogP contribution in [-0.2, 0) is 11.3 Å². The van der Waals surface area contributed by atoms with Crippen LogP contribution in [0, 0.1) is 0 Å². The first kappa shape index (κ1) is 12.7. The smallest absolute Gasteiger partial charge is 0.236 e. The molecule has 1 aliphatic heterocycles. The van der Waals surface area contributed by atoms with E-state index in [2.05, 4.69) is 5.32 Å². The lowest BCUT2D eigenvalue weighted by molar-refractivity contribution is -0.122. The second-order valence-corrected chi connectivity index (χ2v) is 4.34. The first-order valence-corrected chi connectivity index (χ1v) is 6.08. The largest absolute Gasteiger partial charge is 0.490 e. The van der Waals surface area contributed by atoms with Crippen LogP contribution in [0.15, 0.2) is 18.2 Å². The van der Waals surface area contributed by atoms with Gasteiger partial charge >= 0.3 is 0 Å². The summed E-state index contributed by atoms with van der Waals surface area (Å²) < 4.78 is 11.1. The van der Waals surface area contributed by atoms with Crippen molar-refractivity contribution in [3.63, 3.8) is 0 Å². The molecule has 5 heteroatoms. The zero-order valence-electron chi connectivity index (χ0n) is 10.4. The molecule has 0 saturated heterocycles. The van der Waals surface area contributed by atoms with Crippen LogP contribution in [0.1, 0.15) is 18.9 Å². The molecule has 1 unspecified atom stereocenters. The Bertz CT molecular complexity index is 432. The van der Waals surface area contributed by atoms with Gasteiger partial charge in [0, 0.05) is 13.0 Å². The molecule has 1 amide bonds. The van der Waals surface area contributed by atoms with Gasteiger partial charge in [-0.05, 0) is 24.6 Å². The summed E-state index contributed by atoms with van der Waals surface area (Å²) in [4.78, 5) is 11.4. The minimum atomic E-state index is -0.495. The Labute approximate surface area is 106 Å². The molecule has 0 saturated carbocycles. The fourth-order valence-electron chi connectivity index (χ4n) is 1.67. The molecule has 98 valence electrons. The van der Waals surface area contributed by atoms with Crippen molar-refractivity contribution < 1.29 is 14.3 Å². The molecule has 0 fully saturated rings. The molecule has 0 bridgehead atoms. The van der Waals surface area contributed by atoms with Crippen molar-refractivity contribution >= 4 is 5.91 Å². The summed E-state index contributed by atoms with van der Waals surface area (Å²) in [7, 11) is 0. The minimum absolute atomic E-state index is 0.165. The third-order valence-electron chi connectivity index (χ3n) is 2.69. The van der Waals surface area contributed by atoms with Crippen LogP contribution >= 0.6 is 0 Å². The van der Waals surface area contributed by atoms with Gasteiger partial charge in [-0.2, -0.15) is 0 Å². The van der Waals surface area contributed by atoms with Gasteiger partial charge in [0.05, 0.1) is 19.3 Å². The summed E-state index contributed by atoms with van der Waals surface area (Å²) in [6.45, 7) is 3.43. The summed E-state index contributed by atoms with van der Waals surface area (Å²) in [5.41, 5.74) is 6.44. The average Bonchev–Trinajstić information content (AvgIpc) is 2.60. The molecule has 18 heavy (non-hydrogen) atoms. The summed E-state index contributed by atoms with van der Waals surface area (Å²) in [5.74, 6) is 1.33. The number of amides is 1. The van der Waals surface area contributed by atoms with Gasteiger partial charge in [-0.3, -0.25) is 4.79 Å². The van der Waals surface area contributed by atoms with E-state index in [1.807, 2.05) is 18.2 Å². The zero-order valence-corrected chi connectivity index (χ0v) is 10.4. The van der Waals surface area contributed by atoms with E-state index < -0.39 is 6.04 Å². The van der Waals surface area contributed by atoms with Crippen molar-refractivity contribution in [3.8, 4) is 11.5 Å². The summed E-state index contributed by atoms with van der Waals surface area (Å²) in [6.07, 6.45) is 0.880. The number of rotatable bonds is 3. The quantitative estimate of drug-likeness (QED) is 0.832. The van der Waals surface area contributed by atoms with Gasteiger partial charge in [0.2, 0.25) is 5.91 Å². The van der Waals surface area contributed by atoms with Gasteiger partial charge < -0.3 is 20.5 Å². The van der Waals surface area contributed by atoms with Crippen molar-refractivity contribution in [2.45, 2.75) is 25.9 Å². The predicted octanol–water partition coefficient (Wildman–Crippen LogP) is 0.811. The van der Waals surface area contributed by atoms with E-state index >= 15 is 0 Å². The van der Waals surface area contributed by atoms with Crippen molar-refractivity contribution in [3.05, 3.63) is 23.8 Å². The van der Waals surface area contributed by atoms with Gasteiger partial charge in [0.25, 0.3) is 0 Å². The highest BCUT2D eigenvalue weighted by Crippen LogP contribution is 2.30. The van der Waals surface area contributed by atoms with Crippen LogP contribution in [0.4, 0.5) is 0 Å². The van der Waals surface area contributed by atoms with Gasteiger partial charge in [-0.1, -0.05) is 6.07 Å². The third-order valence-corrected chi connectivity index (χ3v) is 2.69. The molecule has 0 aliphatic carbocycles. The van der Waals surface area contributed by atoms with E-state index in [0.29, 0.717) is 19.8 Å². The first-order chi connectivity index (χ1) is 8.66. The highest BCUT2D eigenvalue weighted by molar-refractivity contribution is 5.80. The summed E-state index contributed by atoms with van der Waals surface area (Å²) >= 11 is 0. The van der Waals surface area contributed by atoms with Gasteiger partial charge in [0.1, 0.15) is 0 Å². The van der Waals surface area contributed by atoms with E-state index in [-0.39, 0.29) is 5.91 Å². The lowest BCUT2D eigenvalue weighted by Gasteiger charge is -2.11. The molecule has 1 heterocycles. The monoisotopic (exact) mass is 250 g/mol. The molecule has 1 aromatic carbocycles. The Morgan fingerprint density at radius 3 is 2.83 bits per heavy atom. The molecule has 5 nitrogen and oxygen atoms in total. The number of hydrogen-bond donors (Lipinski definition) is 2. The molecule has 1 aromatic rings. The van der Waals surface area contributed by atoms with Crippen molar-refractivity contribution in [2.75, 3.05) is 13.2 Å². The van der Waals surface area contributed by atoms with Gasteiger partial charge in [-0.25, -0.2) is 0 Å². The first-order valence-electron chi connectivity index (χ1n) is 6.08. The fourth-order valence-corrected chi connectivity index (χ4v) is 1.67. The number of nitrogens with two attached hydrogens (primary N) is 1. The van der Waals surface area contributed by atoms with E-state index in [1.54, 1.807) is 6.92 Å². The van der Waals surface area contributed by atoms with E-state index in [9.17, 15) is 4.79 Å². The number of nitrogens with one attached hydrogen (secondary N) is 1.